The van der Waals surface area contributed by atoms with E-state index in [0.29, 0.717) is 25.1 Å². The van der Waals surface area contributed by atoms with E-state index >= 15 is 0 Å². The highest BCUT2D eigenvalue weighted by atomic mass is 19.1. The third-order valence-corrected chi connectivity index (χ3v) is 2.44. The van der Waals surface area contributed by atoms with Crippen LogP contribution in [0.4, 0.5) is 10.2 Å². The van der Waals surface area contributed by atoms with Crippen LogP contribution in [0.2, 0.25) is 0 Å². The van der Waals surface area contributed by atoms with Crippen LogP contribution in [0.25, 0.3) is 0 Å². The Balaban J connectivity index is 1.95. The molecule has 5 heteroatoms. The highest BCUT2D eigenvalue weighted by molar-refractivity contribution is 5.37. The molecule has 2 aromatic rings. The van der Waals surface area contributed by atoms with E-state index in [2.05, 4.69) is 15.3 Å². The highest BCUT2D eigenvalue weighted by Crippen LogP contribution is 2.13. The molecule has 0 saturated carbocycles. The molecule has 17 heavy (non-hydrogen) atoms. The summed E-state index contributed by atoms with van der Waals surface area (Å²) in [5, 5.41) is 2.94. The lowest BCUT2D eigenvalue weighted by molar-refractivity contribution is 0.512. The fourth-order valence-electron chi connectivity index (χ4n) is 1.53. The Morgan fingerprint density at radius 1 is 1.41 bits per heavy atom. The van der Waals surface area contributed by atoms with Crippen molar-refractivity contribution in [3.8, 4) is 0 Å². The van der Waals surface area contributed by atoms with Crippen LogP contribution in [0, 0.1) is 5.82 Å². The molecule has 0 saturated heterocycles. The Labute approximate surface area is 98.9 Å². The van der Waals surface area contributed by atoms with Crippen molar-refractivity contribution in [3.05, 3.63) is 42.0 Å². The standard InChI is InChI=1S/C12H14FN3O/c1-2-10-11(13)12(16-8-15-10)14-6-5-9-4-3-7-17-9/h3-4,7-8H,2,5-6H2,1H3,(H,14,15,16). The molecule has 0 amide bonds. The van der Waals surface area contributed by atoms with Crippen LogP contribution in [0.15, 0.2) is 29.1 Å². The Kier molecular flexibility index (Phi) is 3.69. The van der Waals surface area contributed by atoms with Crippen LogP contribution >= 0.6 is 0 Å². The van der Waals surface area contributed by atoms with Crippen LogP contribution in [-0.2, 0) is 12.8 Å². The molecule has 4 nitrogen and oxygen atoms in total. The molecule has 2 aromatic heterocycles. The topological polar surface area (TPSA) is 51.0 Å². The molecular formula is C12H14FN3O. The molecule has 0 unspecified atom stereocenters. The average Bonchev–Trinajstić information content (AvgIpc) is 2.84. The predicted molar refractivity (Wildman–Crippen MR) is 62.3 cm³/mol. The van der Waals surface area contributed by atoms with Gasteiger partial charge in [0.2, 0.25) is 0 Å². The van der Waals surface area contributed by atoms with Crippen molar-refractivity contribution in [3.63, 3.8) is 0 Å². The zero-order chi connectivity index (χ0) is 12.1. The fourth-order valence-corrected chi connectivity index (χ4v) is 1.53. The predicted octanol–water partition coefficient (Wildman–Crippen LogP) is 2.43. The number of furan rings is 1. The SMILES string of the molecule is CCc1ncnc(NCCc2ccco2)c1F. The van der Waals surface area contributed by atoms with Crippen LogP contribution < -0.4 is 5.32 Å². The molecule has 0 aliphatic carbocycles. The third-order valence-electron chi connectivity index (χ3n) is 2.44. The second kappa shape index (κ2) is 5.43. The number of hydrogen-bond donors (Lipinski definition) is 1. The first-order chi connectivity index (χ1) is 8.31. The molecular weight excluding hydrogens is 221 g/mol. The van der Waals surface area contributed by atoms with Crippen molar-refractivity contribution in [2.45, 2.75) is 19.8 Å². The maximum absolute atomic E-state index is 13.7. The van der Waals surface area contributed by atoms with Gasteiger partial charge in [-0.15, -0.1) is 0 Å². The van der Waals surface area contributed by atoms with Gasteiger partial charge in [-0.1, -0.05) is 6.92 Å². The van der Waals surface area contributed by atoms with E-state index in [-0.39, 0.29) is 11.6 Å². The summed E-state index contributed by atoms with van der Waals surface area (Å²) in [4.78, 5) is 7.75. The van der Waals surface area contributed by atoms with E-state index < -0.39 is 0 Å². The van der Waals surface area contributed by atoms with Gasteiger partial charge in [0.15, 0.2) is 11.6 Å². The zero-order valence-corrected chi connectivity index (χ0v) is 9.61. The summed E-state index contributed by atoms with van der Waals surface area (Å²) >= 11 is 0. The zero-order valence-electron chi connectivity index (χ0n) is 9.61. The van der Waals surface area contributed by atoms with Crippen LogP contribution in [0.5, 0.6) is 0 Å². The van der Waals surface area contributed by atoms with Gasteiger partial charge in [-0.05, 0) is 18.6 Å². The minimum atomic E-state index is -0.366. The molecule has 0 radical (unpaired) electrons. The first-order valence-corrected chi connectivity index (χ1v) is 5.57. The molecule has 1 N–H and O–H groups in total. The van der Waals surface area contributed by atoms with Gasteiger partial charge >= 0.3 is 0 Å². The minimum absolute atomic E-state index is 0.253. The number of aromatic nitrogens is 2. The Bertz CT molecular complexity index is 471. The van der Waals surface area contributed by atoms with Gasteiger partial charge in [0, 0.05) is 13.0 Å². The molecule has 0 aliphatic heterocycles. The molecule has 0 bridgehead atoms. The van der Waals surface area contributed by atoms with E-state index in [1.165, 1.54) is 6.33 Å². The van der Waals surface area contributed by atoms with E-state index in [4.69, 9.17) is 4.42 Å². The molecule has 2 heterocycles. The summed E-state index contributed by atoms with van der Waals surface area (Å²) in [6.07, 6.45) is 4.24. The van der Waals surface area contributed by atoms with Crippen molar-refractivity contribution < 1.29 is 8.81 Å². The maximum atomic E-state index is 13.7. The first kappa shape index (κ1) is 11.6. The van der Waals surface area contributed by atoms with Crippen LogP contribution in [0.1, 0.15) is 18.4 Å². The third kappa shape index (κ3) is 2.81. The van der Waals surface area contributed by atoms with Crippen molar-refractivity contribution in [1.82, 2.24) is 9.97 Å². The monoisotopic (exact) mass is 235 g/mol. The van der Waals surface area contributed by atoms with E-state index in [9.17, 15) is 4.39 Å². The Hall–Kier alpha value is -1.91. The molecule has 0 aromatic carbocycles. The van der Waals surface area contributed by atoms with Gasteiger partial charge in [0.05, 0.1) is 12.0 Å². The maximum Gasteiger partial charge on any atom is 0.186 e. The largest absolute Gasteiger partial charge is 0.469 e. The van der Waals surface area contributed by atoms with Gasteiger partial charge in [0.25, 0.3) is 0 Å². The van der Waals surface area contributed by atoms with Gasteiger partial charge in [-0.25, -0.2) is 14.4 Å². The quantitative estimate of drug-likeness (QED) is 0.864. The molecule has 0 fully saturated rings. The summed E-state index contributed by atoms with van der Waals surface area (Å²) in [6, 6.07) is 3.71. The van der Waals surface area contributed by atoms with Gasteiger partial charge in [-0.2, -0.15) is 0 Å². The number of nitrogens with one attached hydrogen (secondary N) is 1. The molecule has 0 spiro atoms. The number of nitrogens with zero attached hydrogens (tertiary/aromatic N) is 2. The summed E-state index contributed by atoms with van der Waals surface area (Å²) in [7, 11) is 0. The highest BCUT2D eigenvalue weighted by Gasteiger charge is 2.08. The molecule has 0 atom stereocenters. The van der Waals surface area contributed by atoms with Crippen molar-refractivity contribution >= 4 is 5.82 Å². The number of anilines is 1. The number of halogens is 1. The van der Waals surface area contributed by atoms with Crippen LogP contribution in [0.3, 0.4) is 0 Å². The Morgan fingerprint density at radius 3 is 3.00 bits per heavy atom. The minimum Gasteiger partial charge on any atom is -0.469 e. The number of rotatable bonds is 5. The van der Waals surface area contributed by atoms with E-state index in [0.717, 1.165) is 5.76 Å². The second-order valence-electron chi connectivity index (χ2n) is 3.59. The second-order valence-corrected chi connectivity index (χ2v) is 3.59. The molecule has 0 aliphatic rings. The summed E-state index contributed by atoms with van der Waals surface area (Å²) < 4.78 is 18.9. The lowest BCUT2D eigenvalue weighted by Gasteiger charge is -2.07. The average molecular weight is 235 g/mol. The van der Waals surface area contributed by atoms with Gasteiger partial charge in [-0.3, -0.25) is 0 Å². The molecule has 90 valence electrons. The van der Waals surface area contributed by atoms with Crippen LogP contribution in [-0.4, -0.2) is 16.5 Å². The number of hydrogen-bond acceptors (Lipinski definition) is 4. The van der Waals surface area contributed by atoms with Crippen molar-refractivity contribution in [2.75, 3.05) is 11.9 Å². The Morgan fingerprint density at radius 2 is 2.29 bits per heavy atom. The summed E-state index contributed by atoms with van der Waals surface area (Å²) in [6.45, 7) is 2.43. The van der Waals surface area contributed by atoms with E-state index in [1.807, 2.05) is 19.1 Å². The lowest BCUT2D eigenvalue weighted by atomic mass is 10.3. The van der Waals surface area contributed by atoms with Crippen molar-refractivity contribution in [1.29, 1.82) is 0 Å². The summed E-state index contributed by atoms with van der Waals surface area (Å²) in [5.74, 6) is 0.750. The fraction of sp³-hybridized carbons (Fsp3) is 0.333. The molecule has 2 rings (SSSR count). The van der Waals surface area contributed by atoms with Crippen molar-refractivity contribution in [2.24, 2.45) is 0 Å². The normalized spacial score (nSPS) is 10.5. The van der Waals surface area contributed by atoms with Gasteiger partial charge < -0.3 is 9.73 Å². The summed E-state index contributed by atoms with van der Waals surface area (Å²) in [5.41, 5.74) is 0.431. The first-order valence-electron chi connectivity index (χ1n) is 5.57. The smallest absolute Gasteiger partial charge is 0.186 e. The van der Waals surface area contributed by atoms with Gasteiger partial charge in [0.1, 0.15) is 12.1 Å². The van der Waals surface area contributed by atoms with E-state index in [1.54, 1.807) is 6.26 Å². The number of aryl methyl sites for hydroxylation is 1. The lowest BCUT2D eigenvalue weighted by Crippen LogP contribution is -2.09.